The second-order valence-corrected chi connectivity index (χ2v) is 12.2. The van der Waals surface area contributed by atoms with Crippen LogP contribution in [0.4, 0.5) is 13.2 Å². The molecule has 1 unspecified atom stereocenters. The molecule has 2 aromatic rings. The third kappa shape index (κ3) is 4.75. The Morgan fingerprint density at radius 1 is 0.912 bits per heavy atom. The lowest BCUT2D eigenvalue weighted by Gasteiger charge is -2.30. The average Bonchev–Trinajstić information content (AvgIpc) is 2.99. The van der Waals surface area contributed by atoms with Crippen molar-refractivity contribution < 1.29 is 30.5 Å². The maximum absolute atomic E-state index is 13.0. The number of fused-ring (bicyclic) bond motifs is 1. The first-order chi connectivity index (χ1) is 15.4. The first-order valence-corrected chi connectivity index (χ1v) is 12.3. The quantitative estimate of drug-likeness (QED) is 0.330. The molecule has 0 spiro atoms. The summed E-state index contributed by atoms with van der Waals surface area (Å²) in [6.07, 6.45) is 0.364. The highest BCUT2D eigenvalue weighted by atomic mass is 32.2. The second-order valence-electron chi connectivity index (χ2n) is 10.7. The minimum atomic E-state index is -5.75. The van der Waals surface area contributed by atoms with E-state index in [1.54, 1.807) is 32.2 Å². The summed E-state index contributed by atoms with van der Waals surface area (Å²) in [4.78, 5) is 0. The lowest BCUT2D eigenvalue weighted by Crippen LogP contribution is -2.27. The molecule has 0 amide bonds. The highest BCUT2D eigenvalue weighted by molar-refractivity contribution is 7.87. The number of ether oxygens (including phenoxy) is 1. The van der Waals surface area contributed by atoms with Crippen LogP contribution in [0.5, 0.6) is 5.75 Å². The molecule has 0 radical (unpaired) electrons. The van der Waals surface area contributed by atoms with Gasteiger partial charge in [-0.1, -0.05) is 65.8 Å². The molecule has 1 atom stereocenters. The number of hydrogen-bond acceptors (Lipinski definition) is 4. The van der Waals surface area contributed by atoms with E-state index in [-0.39, 0.29) is 10.8 Å². The largest absolute Gasteiger partial charge is 0.523 e. The molecule has 0 aliphatic heterocycles. The number of halogens is 3. The minimum Gasteiger partial charge on any atom is -0.496 e. The Labute approximate surface area is 199 Å². The molecule has 0 bridgehead atoms. The maximum Gasteiger partial charge on any atom is 0.523 e. The van der Waals surface area contributed by atoms with Gasteiger partial charge in [0.15, 0.2) is 0 Å². The Balaban J connectivity index is 2.24. The molecule has 34 heavy (non-hydrogen) atoms. The maximum atomic E-state index is 13.0. The average molecular weight is 497 g/mol. The van der Waals surface area contributed by atoms with Crippen LogP contribution in [0, 0.1) is 0 Å². The zero-order chi connectivity index (χ0) is 25.9. The van der Waals surface area contributed by atoms with Crippen molar-refractivity contribution in [3.63, 3.8) is 0 Å². The smallest absolute Gasteiger partial charge is 0.496 e. The number of hydrogen-bond donors (Lipinski definition) is 0. The molecular formula is C26H31F3O4S. The van der Waals surface area contributed by atoms with Gasteiger partial charge in [-0.15, -0.1) is 0 Å². The Hall–Kier alpha value is -2.32. The van der Waals surface area contributed by atoms with Gasteiger partial charge in [0.2, 0.25) is 0 Å². The van der Waals surface area contributed by atoms with E-state index in [0.29, 0.717) is 16.7 Å². The van der Waals surface area contributed by atoms with Gasteiger partial charge in [0.25, 0.3) is 0 Å². The molecule has 2 aromatic carbocycles. The fraction of sp³-hybridized carbons (Fsp3) is 0.462. The fourth-order valence-corrected chi connectivity index (χ4v) is 4.82. The minimum absolute atomic E-state index is 0.239. The summed E-state index contributed by atoms with van der Waals surface area (Å²) in [7, 11) is -4.11. The molecule has 8 heteroatoms. The molecule has 0 saturated heterocycles. The Morgan fingerprint density at radius 3 is 1.88 bits per heavy atom. The van der Waals surface area contributed by atoms with Gasteiger partial charge in [0, 0.05) is 11.1 Å². The number of rotatable bonds is 4. The van der Waals surface area contributed by atoms with Gasteiger partial charge in [-0.25, -0.2) is 0 Å². The summed E-state index contributed by atoms with van der Waals surface area (Å²) in [5.74, 6) is 0.806. The fourth-order valence-electron chi connectivity index (χ4n) is 4.20. The van der Waals surface area contributed by atoms with Gasteiger partial charge in [-0.2, -0.15) is 21.6 Å². The molecule has 186 valence electrons. The van der Waals surface area contributed by atoms with Crippen molar-refractivity contribution in [2.24, 2.45) is 0 Å². The van der Waals surface area contributed by atoms with E-state index in [2.05, 4.69) is 45.7 Å². The molecule has 1 aliphatic carbocycles. The van der Waals surface area contributed by atoms with Crippen molar-refractivity contribution in [2.75, 3.05) is 7.11 Å². The van der Waals surface area contributed by atoms with E-state index in [1.165, 1.54) is 0 Å². The normalized spacial score (nSPS) is 16.9. The Kier molecular flexibility index (Phi) is 6.50. The zero-order valence-electron chi connectivity index (χ0n) is 20.7. The van der Waals surface area contributed by atoms with Gasteiger partial charge >= 0.3 is 15.6 Å². The van der Waals surface area contributed by atoms with E-state index in [9.17, 15) is 21.6 Å². The first-order valence-electron chi connectivity index (χ1n) is 10.9. The van der Waals surface area contributed by atoms with Crippen LogP contribution in [-0.2, 0) is 25.1 Å². The predicted molar refractivity (Wildman–Crippen MR) is 128 cm³/mol. The topological polar surface area (TPSA) is 52.6 Å². The summed E-state index contributed by atoms with van der Waals surface area (Å²) in [6.45, 7) is 14.1. The number of benzene rings is 2. The monoisotopic (exact) mass is 496 g/mol. The molecule has 0 N–H and O–H groups in total. The van der Waals surface area contributed by atoms with Crippen molar-refractivity contribution in [2.45, 2.75) is 70.9 Å². The Bertz CT molecular complexity index is 1210. The molecule has 0 fully saturated rings. The van der Waals surface area contributed by atoms with Crippen LogP contribution >= 0.6 is 0 Å². The van der Waals surface area contributed by atoms with Crippen molar-refractivity contribution in [3.05, 3.63) is 58.2 Å². The molecule has 0 heterocycles. The van der Waals surface area contributed by atoms with Crippen molar-refractivity contribution in [3.8, 4) is 16.9 Å². The first kappa shape index (κ1) is 26.3. The van der Waals surface area contributed by atoms with Gasteiger partial charge in [-0.3, -0.25) is 4.18 Å². The Morgan fingerprint density at radius 2 is 1.44 bits per heavy atom. The summed E-state index contributed by atoms with van der Waals surface area (Å²) in [5, 5.41) is 0. The number of methoxy groups -OCH3 is 1. The molecule has 4 nitrogen and oxygen atoms in total. The van der Waals surface area contributed by atoms with Crippen LogP contribution in [0.2, 0.25) is 0 Å². The highest BCUT2D eigenvalue weighted by Gasteiger charge is 2.49. The summed E-state index contributed by atoms with van der Waals surface area (Å²) >= 11 is 0. The SMILES string of the molecule is COc1c(C(C)(C)C)cc(-c2cccc3c2C=C(C)C3OS(=O)(=O)C(F)(F)F)cc1C(C)(C)C. The van der Waals surface area contributed by atoms with Crippen molar-refractivity contribution in [1.29, 1.82) is 0 Å². The van der Waals surface area contributed by atoms with Crippen LogP contribution in [0.1, 0.15) is 76.8 Å². The highest BCUT2D eigenvalue weighted by Crippen LogP contribution is 2.47. The molecule has 1 aliphatic rings. The van der Waals surface area contributed by atoms with E-state index in [0.717, 1.165) is 28.0 Å². The third-order valence-electron chi connectivity index (χ3n) is 5.93. The van der Waals surface area contributed by atoms with Crippen LogP contribution in [-0.4, -0.2) is 21.0 Å². The van der Waals surface area contributed by atoms with Crippen LogP contribution in [0.3, 0.4) is 0 Å². The van der Waals surface area contributed by atoms with Crippen molar-refractivity contribution in [1.82, 2.24) is 0 Å². The lowest BCUT2D eigenvalue weighted by molar-refractivity contribution is -0.0562. The summed E-state index contributed by atoms with van der Waals surface area (Å²) in [5.41, 5.74) is -0.900. The van der Waals surface area contributed by atoms with Gasteiger partial charge in [0.1, 0.15) is 11.9 Å². The van der Waals surface area contributed by atoms with Crippen LogP contribution in [0.25, 0.3) is 17.2 Å². The third-order valence-corrected chi connectivity index (χ3v) is 6.95. The second kappa shape index (κ2) is 8.41. The molecule has 0 saturated carbocycles. The summed E-state index contributed by atoms with van der Waals surface area (Å²) < 4.78 is 72.8. The van der Waals surface area contributed by atoms with Gasteiger partial charge in [0.05, 0.1) is 7.11 Å². The van der Waals surface area contributed by atoms with Gasteiger partial charge < -0.3 is 4.74 Å². The molecule has 0 aromatic heterocycles. The van der Waals surface area contributed by atoms with E-state index in [1.807, 2.05) is 18.2 Å². The summed E-state index contributed by atoms with van der Waals surface area (Å²) in [6, 6.07) is 9.25. The molecular weight excluding hydrogens is 465 g/mol. The zero-order valence-corrected chi connectivity index (χ0v) is 21.5. The molecule has 3 rings (SSSR count). The predicted octanol–water partition coefficient (Wildman–Crippen LogP) is 7.28. The van der Waals surface area contributed by atoms with E-state index >= 15 is 0 Å². The van der Waals surface area contributed by atoms with Gasteiger partial charge in [-0.05, 0) is 57.7 Å². The van der Waals surface area contributed by atoms with Crippen LogP contribution in [0.15, 0.2) is 35.9 Å². The standard InChI is InChI=1S/C26H31F3O4S/c1-15-12-19-17(10-9-11-18(19)22(15)33-34(30,31)26(27,28)29)16-13-20(24(2,3)4)23(32-8)21(14-16)25(5,6)7/h9-14,22H,1-8H3. The van der Waals surface area contributed by atoms with E-state index in [4.69, 9.17) is 4.74 Å². The lowest BCUT2D eigenvalue weighted by atomic mass is 9.77. The number of alkyl halides is 3. The van der Waals surface area contributed by atoms with Crippen molar-refractivity contribution >= 4 is 16.2 Å². The van der Waals surface area contributed by atoms with Crippen LogP contribution < -0.4 is 4.74 Å². The van der Waals surface area contributed by atoms with E-state index < -0.39 is 21.7 Å².